The summed E-state index contributed by atoms with van der Waals surface area (Å²) in [5, 5.41) is 8.53. The SMILES string of the molecule is CCC(CO)C(=O)OC. The maximum atomic E-state index is 10.6. The van der Waals surface area contributed by atoms with Crippen LogP contribution in [0, 0.1) is 5.92 Å². The Bertz CT molecular complexity index is 86.3. The number of carbonyl (C=O) groups excluding carboxylic acids is 1. The molecule has 0 spiro atoms. The van der Waals surface area contributed by atoms with E-state index in [1.807, 2.05) is 6.92 Å². The van der Waals surface area contributed by atoms with Gasteiger partial charge in [-0.25, -0.2) is 0 Å². The first-order valence-electron chi connectivity index (χ1n) is 2.95. The molecule has 1 atom stereocenters. The molecule has 0 aromatic heterocycles. The van der Waals surface area contributed by atoms with Gasteiger partial charge in [0.2, 0.25) is 0 Å². The minimum Gasteiger partial charge on any atom is -0.469 e. The highest BCUT2D eigenvalue weighted by Crippen LogP contribution is 2.01. The Morgan fingerprint density at radius 2 is 2.33 bits per heavy atom. The number of carbonyl (C=O) groups is 1. The van der Waals surface area contributed by atoms with Gasteiger partial charge in [-0.15, -0.1) is 0 Å². The number of ether oxygens (including phenoxy) is 1. The smallest absolute Gasteiger partial charge is 0.310 e. The zero-order valence-electron chi connectivity index (χ0n) is 5.76. The molecule has 0 aromatic rings. The van der Waals surface area contributed by atoms with Crippen molar-refractivity contribution >= 4 is 5.97 Å². The van der Waals surface area contributed by atoms with Gasteiger partial charge in [0.05, 0.1) is 19.6 Å². The van der Waals surface area contributed by atoms with Crippen LogP contribution in [-0.2, 0) is 9.53 Å². The molecule has 9 heavy (non-hydrogen) atoms. The summed E-state index contributed by atoms with van der Waals surface area (Å²) in [6.45, 7) is 1.71. The number of hydrogen-bond donors (Lipinski definition) is 1. The highest BCUT2D eigenvalue weighted by molar-refractivity contribution is 5.72. The van der Waals surface area contributed by atoms with Gasteiger partial charge in [0.1, 0.15) is 0 Å². The Morgan fingerprint density at radius 1 is 1.78 bits per heavy atom. The summed E-state index contributed by atoms with van der Waals surface area (Å²) in [5.41, 5.74) is 0. The van der Waals surface area contributed by atoms with E-state index in [1.54, 1.807) is 0 Å². The Morgan fingerprint density at radius 3 is 2.44 bits per heavy atom. The topological polar surface area (TPSA) is 46.5 Å². The van der Waals surface area contributed by atoms with Crippen molar-refractivity contribution in [1.82, 2.24) is 0 Å². The molecule has 0 bridgehead atoms. The fraction of sp³-hybridized carbons (Fsp3) is 0.833. The molecule has 3 heteroatoms. The molecule has 0 rings (SSSR count). The van der Waals surface area contributed by atoms with Crippen LogP contribution in [0.25, 0.3) is 0 Å². The van der Waals surface area contributed by atoms with Crippen LogP contribution in [0.4, 0.5) is 0 Å². The Hall–Kier alpha value is -0.570. The molecule has 0 aliphatic heterocycles. The van der Waals surface area contributed by atoms with E-state index in [2.05, 4.69) is 4.74 Å². The lowest BCUT2D eigenvalue weighted by molar-refractivity contribution is -0.146. The number of esters is 1. The van der Waals surface area contributed by atoms with Gasteiger partial charge in [-0.3, -0.25) is 4.79 Å². The van der Waals surface area contributed by atoms with Gasteiger partial charge < -0.3 is 9.84 Å². The summed E-state index contributed by atoms with van der Waals surface area (Å²) in [6.07, 6.45) is 0.628. The third-order valence-corrected chi connectivity index (χ3v) is 1.25. The molecule has 0 radical (unpaired) electrons. The second kappa shape index (κ2) is 4.32. The molecule has 0 saturated carbocycles. The summed E-state index contributed by atoms with van der Waals surface area (Å²) in [6, 6.07) is 0. The van der Waals surface area contributed by atoms with Crippen molar-refractivity contribution in [3.8, 4) is 0 Å². The molecule has 1 unspecified atom stereocenters. The zero-order chi connectivity index (χ0) is 7.28. The summed E-state index contributed by atoms with van der Waals surface area (Å²) < 4.78 is 4.40. The van der Waals surface area contributed by atoms with Crippen LogP contribution in [0.5, 0.6) is 0 Å². The Kier molecular flexibility index (Phi) is 4.05. The van der Waals surface area contributed by atoms with E-state index >= 15 is 0 Å². The quantitative estimate of drug-likeness (QED) is 0.557. The lowest BCUT2D eigenvalue weighted by Crippen LogP contribution is -2.18. The van der Waals surface area contributed by atoms with Crippen LogP contribution >= 0.6 is 0 Å². The van der Waals surface area contributed by atoms with Crippen molar-refractivity contribution < 1.29 is 14.6 Å². The normalized spacial score (nSPS) is 12.8. The molecule has 1 N–H and O–H groups in total. The van der Waals surface area contributed by atoms with E-state index in [4.69, 9.17) is 5.11 Å². The van der Waals surface area contributed by atoms with Crippen LogP contribution in [-0.4, -0.2) is 24.8 Å². The van der Waals surface area contributed by atoms with Gasteiger partial charge in [0.25, 0.3) is 0 Å². The molecule has 0 aliphatic rings. The fourth-order valence-electron chi connectivity index (χ4n) is 0.537. The van der Waals surface area contributed by atoms with Gasteiger partial charge in [0.15, 0.2) is 0 Å². The van der Waals surface area contributed by atoms with Crippen molar-refractivity contribution in [2.45, 2.75) is 13.3 Å². The second-order valence-electron chi connectivity index (χ2n) is 1.81. The van der Waals surface area contributed by atoms with Crippen LogP contribution in [0.2, 0.25) is 0 Å². The van der Waals surface area contributed by atoms with E-state index in [0.29, 0.717) is 6.42 Å². The number of hydrogen-bond acceptors (Lipinski definition) is 3. The molecule has 0 fully saturated rings. The first kappa shape index (κ1) is 8.43. The zero-order valence-corrected chi connectivity index (χ0v) is 5.76. The molecule has 0 amide bonds. The van der Waals surface area contributed by atoms with Crippen LogP contribution in [0.15, 0.2) is 0 Å². The monoisotopic (exact) mass is 132 g/mol. The summed E-state index contributed by atoms with van der Waals surface area (Å²) in [5.74, 6) is -0.671. The second-order valence-corrected chi connectivity index (χ2v) is 1.81. The van der Waals surface area contributed by atoms with Gasteiger partial charge in [-0.1, -0.05) is 6.92 Å². The minimum absolute atomic E-state index is 0.122. The molecule has 3 nitrogen and oxygen atoms in total. The summed E-state index contributed by atoms with van der Waals surface area (Å²) in [4.78, 5) is 10.6. The Balaban J connectivity index is 3.64. The first-order valence-corrected chi connectivity index (χ1v) is 2.95. The van der Waals surface area contributed by atoms with Gasteiger partial charge in [0, 0.05) is 0 Å². The van der Waals surface area contributed by atoms with E-state index < -0.39 is 0 Å². The third-order valence-electron chi connectivity index (χ3n) is 1.25. The van der Waals surface area contributed by atoms with Crippen molar-refractivity contribution in [2.75, 3.05) is 13.7 Å². The molecule has 0 aliphatic carbocycles. The molecular formula is C6H12O3. The number of methoxy groups -OCH3 is 1. The maximum Gasteiger partial charge on any atom is 0.310 e. The lowest BCUT2D eigenvalue weighted by atomic mass is 10.1. The van der Waals surface area contributed by atoms with Crippen molar-refractivity contribution in [3.63, 3.8) is 0 Å². The number of aliphatic hydroxyl groups excluding tert-OH is 1. The standard InChI is InChI=1S/C6H12O3/c1-3-5(4-7)6(8)9-2/h5,7H,3-4H2,1-2H3. The fourth-order valence-corrected chi connectivity index (χ4v) is 0.537. The number of aliphatic hydroxyl groups is 1. The highest BCUT2D eigenvalue weighted by atomic mass is 16.5. The average Bonchev–Trinajstić information content (AvgIpc) is 1.90. The predicted molar refractivity (Wildman–Crippen MR) is 32.9 cm³/mol. The largest absolute Gasteiger partial charge is 0.469 e. The van der Waals surface area contributed by atoms with Gasteiger partial charge in [-0.2, -0.15) is 0 Å². The maximum absolute atomic E-state index is 10.6. The molecule has 0 saturated heterocycles. The highest BCUT2D eigenvalue weighted by Gasteiger charge is 2.14. The van der Waals surface area contributed by atoms with E-state index in [9.17, 15) is 4.79 Å². The van der Waals surface area contributed by atoms with E-state index in [-0.39, 0.29) is 18.5 Å². The lowest BCUT2D eigenvalue weighted by Gasteiger charge is -2.06. The van der Waals surface area contributed by atoms with E-state index in [1.165, 1.54) is 7.11 Å². The molecule has 0 heterocycles. The van der Waals surface area contributed by atoms with Crippen molar-refractivity contribution in [1.29, 1.82) is 0 Å². The first-order chi connectivity index (χ1) is 4.26. The van der Waals surface area contributed by atoms with Crippen LogP contribution < -0.4 is 0 Å². The minimum atomic E-state index is -0.338. The average molecular weight is 132 g/mol. The molecule has 54 valence electrons. The van der Waals surface area contributed by atoms with Gasteiger partial charge >= 0.3 is 5.97 Å². The van der Waals surface area contributed by atoms with Crippen molar-refractivity contribution in [2.24, 2.45) is 5.92 Å². The van der Waals surface area contributed by atoms with Crippen LogP contribution in [0.1, 0.15) is 13.3 Å². The molecule has 0 aromatic carbocycles. The molecular weight excluding hydrogens is 120 g/mol. The number of rotatable bonds is 3. The summed E-state index contributed by atoms with van der Waals surface area (Å²) >= 11 is 0. The Labute approximate surface area is 54.6 Å². The summed E-state index contributed by atoms with van der Waals surface area (Å²) in [7, 11) is 1.32. The van der Waals surface area contributed by atoms with Crippen molar-refractivity contribution in [3.05, 3.63) is 0 Å². The predicted octanol–water partition coefficient (Wildman–Crippen LogP) is 0.178. The van der Waals surface area contributed by atoms with Gasteiger partial charge in [-0.05, 0) is 6.42 Å². The van der Waals surface area contributed by atoms with Crippen LogP contribution in [0.3, 0.4) is 0 Å². The van der Waals surface area contributed by atoms with E-state index in [0.717, 1.165) is 0 Å². The third kappa shape index (κ3) is 2.46.